The van der Waals surface area contributed by atoms with Gasteiger partial charge in [0.15, 0.2) is 0 Å². The summed E-state index contributed by atoms with van der Waals surface area (Å²) in [5.74, 6) is -0.354. The number of hydrogen-bond donors (Lipinski definition) is 3. The minimum Gasteiger partial charge on any atom is -0.384 e. The number of unbranched alkanes of at least 4 members (excludes halogenated alkanes) is 1. The molecule has 2 amide bonds. The number of benzene rings is 1. The Kier molecular flexibility index (Phi) is 4.98. The molecule has 20 heavy (non-hydrogen) atoms. The smallest absolute Gasteiger partial charge is 0.253 e. The van der Waals surface area contributed by atoms with Crippen LogP contribution >= 0.6 is 0 Å². The van der Waals surface area contributed by atoms with Gasteiger partial charge in [-0.15, -0.1) is 0 Å². The third-order valence-electron chi connectivity index (χ3n) is 3.46. The van der Waals surface area contributed by atoms with Gasteiger partial charge in [0.05, 0.1) is 11.3 Å². The second-order valence-corrected chi connectivity index (χ2v) is 5.05. The zero-order valence-corrected chi connectivity index (χ0v) is 11.6. The van der Waals surface area contributed by atoms with Crippen LogP contribution in [0.1, 0.15) is 41.6 Å². The number of carbonyl (C=O) groups is 2. The largest absolute Gasteiger partial charge is 0.384 e. The van der Waals surface area contributed by atoms with E-state index in [1.807, 2.05) is 12.1 Å². The van der Waals surface area contributed by atoms with Gasteiger partial charge in [0.2, 0.25) is 5.91 Å². The molecule has 5 heteroatoms. The van der Waals surface area contributed by atoms with Crippen LogP contribution in [0, 0.1) is 0 Å². The van der Waals surface area contributed by atoms with Crippen molar-refractivity contribution >= 4 is 17.5 Å². The topological polar surface area (TPSA) is 84.2 Å². The van der Waals surface area contributed by atoms with E-state index in [0.29, 0.717) is 24.9 Å². The number of nitrogens with one attached hydrogen (secondary N) is 2. The minimum atomic E-state index is -0.294. The summed E-state index contributed by atoms with van der Waals surface area (Å²) in [6.45, 7) is 1.48. The first-order chi connectivity index (χ1) is 9.68. The van der Waals surface area contributed by atoms with E-state index < -0.39 is 0 Å². The van der Waals surface area contributed by atoms with E-state index in [-0.39, 0.29) is 11.8 Å². The van der Waals surface area contributed by atoms with Crippen LogP contribution < -0.4 is 16.4 Å². The number of hydrogen-bond acceptors (Lipinski definition) is 3. The van der Waals surface area contributed by atoms with Gasteiger partial charge in [0.1, 0.15) is 0 Å². The molecule has 108 valence electrons. The molecule has 0 fully saturated rings. The van der Waals surface area contributed by atoms with E-state index in [4.69, 9.17) is 5.73 Å². The highest BCUT2D eigenvalue weighted by Gasteiger charge is 2.16. The molecular weight excluding hydrogens is 254 g/mol. The molecule has 0 atom stereocenters. The van der Waals surface area contributed by atoms with Crippen molar-refractivity contribution in [2.75, 3.05) is 18.4 Å². The number of anilines is 1. The van der Waals surface area contributed by atoms with Crippen molar-refractivity contribution < 1.29 is 9.59 Å². The molecule has 0 aromatic heterocycles. The average Bonchev–Trinajstić information content (AvgIpc) is 2.45. The van der Waals surface area contributed by atoms with Crippen LogP contribution in [0.5, 0.6) is 0 Å². The fraction of sp³-hybridized carbons (Fsp3) is 0.467. The molecule has 0 spiro atoms. The van der Waals surface area contributed by atoms with Gasteiger partial charge in [0.25, 0.3) is 5.91 Å². The van der Waals surface area contributed by atoms with E-state index in [9.17, 15) is 9.59 Å². The van der Waals surface area contributed by atoms with Gasteiger partial charge in [-0.2, -0.15) is 0 Å². The summed E-state index contributed by atoms with van der Waals surface area (Å²) >= 11 is 0. The zero-order valence-electron chi connectivity index (χ0n) is 11.6. The fourth-order valence-electron chi connectivity index (χ4n) is 2.42. The molecule has 1 aliphatic heterocycles. The predicted octanol–water partition coefficient (Wildman–Crippen LogP) is 1.43. The molecule has 0 saturated carbocycles. The van der Waals surface area contributed by atoms with Crippen molar-refractivity contribution in [2.45, 2.75) is 32.1 Å². The second-order valence-electron chi connectivity index (χ2n) is 5.05. The summed E-state index contributed by atoms with van der Waals surface area (Å²) in [6, 6.07) is 5.83. The lowest BCUT2D eigenvalue weighted by molar-refractivity contribution is -0.118. The Morgan fingerprint density at radius 1 is 1.30 bits per heavy atom. The van der Waals surface area contributed by atoms with Gasteiger partial charge in [0, 0.05) is 19.5 Å². The van der Waals surface area contributed by atoms with Gasteiger partial charge in [-0.1, -0.05) is 12.1 Å². The molecule has 1 aromatic carbocycles. The van der Waals surface area contributed by atoms with Crippen molar-refractivity contribution in [3.05, 3.63) is 29.3 Å². The first kappa shape index (κ1) is 14.4. The Morgan fingerprint density at radius 2 is 2.15 bits per heavy atom. The third kappa shape index (κ3) is 3.73. The van der Waals surface area contributed by atoms with Crippen LogP contribution in [0.2, 0.25) is 0 Å². The molecule has 0 unspecified atom stereocenters. The minimum absolute atomic E-state index is 0.0599. The van der Waals surface area contributed by atoms with Crippen LogP contribution in [0.15, 0.2) is 18.2 Å². The number of para-hydroxylation sites is 1. The maximum Gasteiger partial charge on any atom is 0.253 e. The molecule has 2 rings (SSSR count). The third-order valence-corrected chi connectivity index (χ3v) is 3.46. The summed E-state index contributed by atoms with van der Waals surface area (Å²) in [5.41, 5.74) is 7.95. The molecular formula is C15H21N3O2. The highest BCUT2D eigenvalue weighted by Crippen LogP contribution is 2.25. The quantitative estimate of drug-likeness (QED) is 0.687. The lowest BCUT2D eigenvalue weighted by Gasteiger charge is -2.20. The molecule has 0 radical (unpaired) electrons. The Hall–Kier alpha value is -2.04. The summed E-state index contributed by atoms with van der Waals surface area (Å²) < 4.78 is 0. The number of fused-ring (bicyclic) bond motifs is 1. The number of nitrogens with two attached hydrogens (primary N) is 1. The van der Waals surface area contributed by atoms with Crippen LogP contribution in [-0.2, 0) is 11.2 Å². The second kappa shape index (κ2) is 6.93. The van der Waals surface area contributed by atoms with Crippen LogP contribution in [0.3, 0.4) is 0 Å². The molecule has 1 heterocycles. The van der Waals surface area contributed by atoms with E-state index >= 15 is 0 Å². The van der Waals surface area contributed by atoms with Crippen LogP contribution in [-0.4, -0.2) is 24.9 Å². The van der Waals surface area contributed by atoms with Crippen molar-refractivity contribution in [1.29, 1.82) is 0 Å². The normalized spacial score (nSPS) is 13.2. The fourth-order valence-corrected chi connectivity index (χ4v) is 2.42. The maximum absolute atomic E-state index is 12.2. The van der Waals surface area contributed by atoms with Gasteiger partial charge in [-0.05, 0) is 37.3 Å². The van der Waals surface area contributed by atoms with Crippen molar-refractivity contribution in [1.82, 2.24) is 5.32 Å². The molecule has 1 aromatic rings. The number of aryl methyl sites for hydroxylation is 1. The van der Waals surface area contributed by atoms with Crippen molar-refractivity contribution in [3.8, 4) is 0 Å². The van der Waals surface area contributed by atoms with Crippen LogP contribution in [0.25, 0.3) is 0 Å². The van der Waals surface area contributed by atoms with Crippen molar-refractivity contribution in [3.63, 3.8) is 0 Å². The Morgan fingerprint density at radius 3 is 2.95 bits per heavy atom. The Bertz CT molecular complexity index is 500. The first-order valence-electron chi connectivity index (χ1n) is 7.11. The molecule has 0 aliphatic carbocycles. The molecule has 1 aliphatic rings. The molecule has 4 N–H and O–H groups in total. The van der Waals surface area contributed by atoms with E-state index in [1.54, 1.807) is 0 Å². The van der Waals surface area contributed by atoms with Crippen LogP contribution in [0.4, 0.5) is 5.69 Å². The summed E-state index contributed by atoms with van der Waals surface area (Å²) in [4.78, 5) is 22.8. The van der Waals surface area contributed by atoms with Gasteiger partial charge >= 0.3 is 0 Å². The van der Waals surface area contributed by atoms with Gasteiger partial charge < -0.3 is 16.4 Å². The molecule has 0 saturated heterocycles. The number of amides is 2. The van der Waals surface area contributed by atoms with E-state index in [2.05, 4.69) is 16.7 Å². The summed E-state index contributed by atoms with van der Waals surface area (Å²) in [7, 11) is 0. The average molecular weight is 275 g/mol. The molecule has 0 bridgehead atoms. The monoisotopic (exact) mass is 275 g/mol. The standard InChI is InChI=1S/C15H21N3O2/c16-13(19)8-1-2-9-18-15(20)12-7-3-5-11-6-4-10-17-14(11)12/h3,5,7,17H,1-2,4,6,8-10H2,(H2,16,19)(H,18,20). The van der Waals surface area contributed by atoms with Crippen molar-refractivity contribution in [2.24, 2.45) is 5.73 Å². The Balaban J connectivity index is 1.88. The van der Waals surface area contributed by atoms with E-state index in [0.717, 1.165) is 31.5 Å². The highest BCUT2D eigenvalue weighted by molar-refractivity contribution is 6.00. The number of rotatable bonds is 6. The number of carbonyl (C=O) groups excluding carboxylic acids is 2. The summed E-state index contributed by atoms with van der Waals surface area (Å²) in [6.07, 6.45) is 3.96. The van der Waals surface area contributed by atoms with Gasteiger partial charge in [-0.25, -0.2) is 0 Å². The Labute approximate surface area is 118 Å². The lowest BCUT2D eigenvalue weighted by Crippen LogP contribution is -2.27. The highest BCUT2D eigenvalue weighted by atomic mass is 16.2. The predicted molar refractivity (Wildman–Crippen MR) is 78.6 cm³/mol. The summed E-state index contributed by atoms with van der Waals surface area (Å²) in [5, 5.41) is 6.20. The maximum atomic E-state index is 12.2. The zero-order chi connectivity index (χ0) is 14.4. The molecule has 5 nitrogen and oxygen atoms in total. The number of primary amides is 1. The SMILES string of the molecule is NC(=O)CCCCNC(=O)c1cccc2c1NCCC2. The lowest BCUT2D eigenvalue weighted by atomic mass is 9.99. The van der Waals surface area contributed by atoms with E-state index in [1.165, 1.54) is 5.56 Å². The van der Waals surface area contributed by atoms with Gasteiger partial charge in [-0.3, -0.25) is 9.59 Å². The first-order valence-corrected chi connectivity index (χ1v) is 7.11.